The van der Waals surface area contributed by atoms with Gasteiger partial charge in [0.05, 0.1) is 11.6 Å². The first-order valence-electron chi connectivity index (χ1n) is 8.34. The van der Waals surface area contributed by atoms with Crippen LogP contribution in [-0.4, -0.2) is 18.9 Å². The van der Waals surface area contributed by atoms with Crippen LogP contribution in [0.5, 0.6) is 0 Å². The average molecular weight is 316 g/mol. The van der Waals surface area contributed by atoms with E-state index in [1.54, 1.807) is 24.3 Å². The summed E-state index contributed by atoms with van der Waals surface area (Å²) in [5.41, 5.74) is 3.42. The molecule has 3 rings (SSSR count). The van der Waals surface area contributed by atoms with Crippen LogP contribution >= 0.6 is 0 Å². The Morgan fingerprint density at radius 3 is 2.25 bits per heavy atom. The van der Waals surface area contributed by atoms with Crippen molar-refractivity contribution in [1.29, 1.82) is 5.26 Å². The molecule has 0 aromatic heterocycles. The minimum absolute atomic E-state index is 0.00967. The van der Waals surface area contributed by atoms with Gasteiger partial charge in [0.2, 0.25) is 0 Å². The highest BCUT2D eigenvalue weighted by molar-refractivity contribution is 6.06. The minimum atomic E-state index is -0.00967. The normalized spacial score (nSPS) is 14.5. The maximum atomic E-state index is 12.3. The number of rotatable bonds is 4. The Balaban J connectivity index is 1.65. The van der Waals surface area contributed by atoms with E-state index in [1.165, 1.54) is 24.9 Å². The lowest BCUT2D eigenvalue weighted by atomic mass is 10.1. The quantitative estimate of drug-likeness (QED) is 0.618. The van der Waals surface area contributed by atoms with Gasteiger partial charge in [0.15, 0.2) is 5.78 Å². The summed E-state index contributed by atoms with van der Waals surface area (Å²) in [6.07, 6.45) is 7.16. The molecule has 1 aliphatic rings. The summed E-state index contributed by atoms with van der Waals surface area (Å²) in [5, 5.41) is 8.79. The zero-order valence-electron chi connectivity index (χ0n) is 13.6. The van der Waals surface area contributed by atoms with Gasteiger partial charge < -0.3 is 4.90 Å². The summed E-state index contributed by atoms with van der Waals surface area (Å²) in [5.74, 6) is -0.00967. The number of nitrogens with zero attached hydrogens (tertiary/aromatic N) is 2. The summed E-state index contributed by atoms with van der Waals surface area (Å²) in [4.78, 5) is 14.7. The van der Waals surface area contributed by atoms with Crippen molar-refractivity contribution in [3.63, 3.8) is 0 Å². The summed E-state index contributed by atoms with van der Waals surface area (Å²) < 4.78 is 0. The molecule has 1 saturated heterocycles. The molecule has 1 aliphatic heterocycles. The Kier molecular flexibility index (Phi) is 5.08. The molecule has 3 nitrogen and oxygen atoms in total. The lowest BCUT2D eigenvalue weighted by Crippen LogP contribution is -2.29. The lowest BCUT2D eigenvalue weighted by molar-refractivity contribution is 0.104. The van der Waals surface area contributed by atoms with Crippen LogP contribution in [0.3, 0.4) is 0 Å². The lowest BCUT2D eigenvalue weighted by Gasteiger charge is -2.28. The van der Waals surface area contributed by atoms with Crippen molar-refractivity contribution in [3.8, 4) is 6.07 Å². The molecule has 3 heteroatoms. The molecular weight excluding hydrogens is 296 g/mol. The van der Waals surface area contributed by atoms with E-state index in [1.807, 2.05) is 36.4 Å². The van der Waals surface area contributed by atoms with Crippen LogP contribution in [0.25, 0.3) is 6.08 Å². The molecular formula is C21H20N2O. The van der Waals surface area contributed by atoms with Gasteiger partial charge in [-0.2, -0.15) is 5.26 Å². The van der Waals surface area contributed by atoms with Gasteiger partial charge in [-0.05, 0) is 67.3 Å². The number of allylic oxidation sites excluding steroid dienone is 1. The molecule has 1 fully saturated rings. The van der Waals surface area contributed by atoms with E-state index >= 15 is 0 Å². The first-order chi connectivity index (χ1) is 11.8. The number of carbonyl (C=O) groups excluding carboxylic acids is 1. The monoisotopic (exact) mass is 316 g/mol. The fraction of sp³-hybridized carbons (Fsp3) is 0.238. The standard InChI is InChI=1S/C21H20N2O/c22-16-18-6-4-17(5-7-18)8-13-21(24)19-9-11-20(12-10-19)23-14-2-1-3-15-23/h4-13H,1-3,14-15H2/b13-8-. The number of ketones is 1. The molecule has 0 spiro atoms. The zero-order valence-corrected chi connectivity index (χ0v) is 13.6. The Labute approximate surface area is 142 Å². The number of anilines is 1. The van der Waals surface area contributed by atoms with Crippen molar-refractivity contribution in [1.82, 2.24) is 0 Å². The van der Waals surface area contributed by atoms with Crippen LogP contribution in [0, 0.1) is 11.3 Å². The van der Waals surface area contributed by atoms with Gasteiger partial charge in [-0.25, -0.2) is 0 Å². The molecule has 0 unspecified atom stereocenters. The SMILES string of the molecule is N#Cc1ccc(/C=C\C(=O)c2ccc(N3CCCCC3)cc2)cc1. The van der Waals surface area contributed by atoms with Crippen LogP contribution in [0.15, 0.2) is 54.6 Å². The summed E-state index contributed by atoms with van der Waals surface area (Å²) in [6, 6.07) is 17.1. The predicted octanol–water partition coefficient (Wildman–Crippen LogP) is 4.44. The second-order valence-corrected chi connectivity index (χ2v) is 6.03. The smallest absolute Gasteiger partial charge is 0.185 e. The maximum Gasteiger partial charge on any atom is 0.185 e. The van der Waals surface area contributed by atoms with Gasteiger partial charge in [-0.3, -0.25) is 4.79 Å². The largest absolute Gasteiger partial charge is 0.372 e. The Bertz CT molecular complexity index is 761. The number of benzene rings is 2. The van der Waals surface area contributed by atoms with E-state index in [9.17, 15) is 4.79 Å². The van der Waals surface area contributed by atoms with Crippen molar-refractivity contribution in [2.45, 2.75) is 19.3 Å². The molecule has 2 aromatic carbocycles. The van der Waals surface area contributed by atoms with Crippen LogP contribution in [0.2, 0.25) is 0 Å². The predicted molar refractivity (Wildman–Crippen MR) is 97.0 cm³/mol. The third-order valence-electron chi connectivity index (χ3n) is 4.34. The molecule has 120 valence electrons. The summed E-state index contributed by atoms with van der Waals surface area (Å²) >= 11 is 0. The zero-order chi connectivity index (χ0) is 16.8. The first kappa shape index (κ1) is 16.0. The highest BCUT2D eigenvalue weighted by Gasteiger charge is 2.11. The number of nitriles is 1. The second-order valence-electron chi connectivity index (χ2n) is 6.03. The molecule has 0 saturated carbocycles. The van der Waals surface area contributed by atoms with Crippen molar-refractivity contribution >= 4 is 17.5 Å². The molecule has 0 radical (unpaired) electrons. The number of hydrogen-bond donors (Lipinski definition) is 0. The topological polar surface area (TPSA) is 44.1 Å². The molecule has 24 heavy (non-hydrogen) atoms. The molecule has 0 N–H and O–H groups in total. The molecule has 1 heterocycles. The minimum Gasteiger partial charge on any atom is -0.372 e. The van der Waals surface area contributed by atoms with E-state index in [-0.39, 0.29) is 5.78 Å². The highest BCUT2D eigenvalue weighted by atomic mass is 16.1. The summed E-state index contributed by atoms with van der Waals surface area (Å²) in [6.45, 7) is 2.21. The number of piperidine rings is 1. The number of carbonyl (C=O) groups is 1. The third kappa shape index (κ3) is 3.91. The molecule has 0 atom stereocenters. The van der Waals surface area contributed by atoms with Gasteiger partial charge in [0.1, 0.15) is 0 Å². The molecule has 0 amide bonds. The van der Waals surface area contributed by atoms with Gasteiger partial charge in [-0.15, -0.1) is 0 Å². The number of hydrogen-bond acceptors (Lipinski definition) is 3. The maximum absolute atomic E-state index is 12.3. The fourth-order valence-corrected chi connectivity index (χ4v) is 2.93. The van der Waals surface area contributed by atoms with Crippen LogP contribution in [0.1, 0.15) is 40.7 Å². The van der Waals surface area contributed by atoms with Gasteiger partial charge >= 0.3 is 0 Å². The van der Waals surface area contributed by atoms with Gasteiger partial charge in [-0.1, -0.05) is 18.2 Å². The van der Waals surface area contributed by atoms with Crippen LogP contribution in [-0.2, 0) is 0 Å². The summed E-state index contributed by atoms with van der Waals surface area (Å²) in [7, 11) is 0. The van der Waals surface area contributed by atoms with Crippen molar-refractivity contribution in [2.75, 3.05) is 18.0 Å². The van der Waals surface area contributed by atoms with E-state index in [0.717, 1.165) is 18.7 Å². The van der Waals surface area contributed by atoms with Crippen molar-refractivity contribution < 1.29 is 4.79 Å². The Hall–Kier alpha value is -2.86. The van der Waals surface area contributed by atoms with E-state index in [4.69, 9.17) is 5.26 Å². The fourth-order valence-electron chi connectivity index (χ4n) is 2.93. The van der Waals surface area contributed by atoms with Gasteiger partial charge in [0, 0.05) is 24.3 Å². The Morgan fingerprint density at radius 2 is 1.62 bits per heavy atom. The Morgan fingerprint density at radius 1 is 0.958 bits per heavy atom. The van der Waals surface area contributed by atoms with Crippen molar-refractivity contribution in [3.05, 3.63) is 71.3 Å². The third-order valence-corrected chi connectivity index (χ3v) is 4.34. The highest BCUT2D eigenvalue weighted by Crippen LogP contribution is 2.20. The van der Waals surface area contributed by atoms with Crippen LogP contribution in [0.4, 0.5) is 5.69 Å². The van der Waals surface area contributed by atoms with Crippen molar-refractivity contribution in [2.24, 2.45) is 0 Å². The van der Waals surface area contributed by atoms with E-state index < -0.39 is 0 Å². The first-order valence-corrected chi connectivity index (χ1v) is 8.34. The molecule has 0 aliphatic carbocycles. The molecule has 2 aromatic rings. The average Bonchev–Trinajstić information content (AvgIpc) is 2.67. The second kappa shape index (κ2) is 7.61. The van der Waals surface area contributed by atoms with Crippen LogP contribution < -0.4 is 4.90 Å². The van der Waals surface area contributed by atoms with Gasteiger partial charge in [0.25, 0.3) is 0 Å². The molecule has 0 bridgehead atoms. The van der Waals surface area contributed by atoms with E-state index in [0.29, 0.717) is 11.1 Å². The van der Waals surface area contributed by atoms with E-state index in [2.05, 4.69) is 11.0 Å².